The average Bonchev–Trinajstić information content (AvgIpc) is 3.34. The van der Waals surface area contributed by atoms with Crippen LogP contribution in [0.15, 0.2) is 47.4 Å². The van der Waals surface area contributed by atoms with Crippen LogP contribution in [0.2, 0.25) is 0 Å². The third-order valence-corrected chi connectivity index (χ3v) is 4.55. The van der Waals surface area contributed by atoms with Crippen molar-refractivity contribution in [2.45, 2.75) is 13.5 Å². The van der Waals surface area contributed by atoms with Crippen LogP contribution in [0, 0.1) is 12.7 Å². The largest absolute Gasteiger partial charge is 0.492 e. The molecule has 0 atom stereocenters. The average molecular weight is 371 g/mol. The van der Waals surface area contributed by atoms with E-state index in [0.29, 0.717) is 23.6 Å². The van der Waals surface area contributed by atoms with Crippen molar-refractivity contribution in [2.75, 3.05) is 5.32 Å². The Balaban J connectivity index is 1.51. The number of benzene rings is 1. The third kappa shape index (κ3) is 3.29. The van der Waals surface area contributed by atoms with E-state index in [-0.39, 0.29) is 11.6 Å². The van der Waals surface area contributed by atoms with E-state index < -0.39 is 5.82 Å². The lowest BCUT2D eigenvalue weighted by molar-refractivity contribution is 0.390. The van der Waals surface area contributed by atoms with Crippen LogP contribution in [0.3, 0.4) is 0 Å². The lowest BCUT2D eigenvalue weighted by Crippen LogP contribution is -1.95. The first-order chi connectivity index (χ1) is 12.6. The van der Waals surface area contributed by atoms with Crippen LogP contribution in [-0.4, -0.2) is 24.2 Å². The molecule has 0 aliphatic heterocycles. The first-order valence-electron chi connectivity index (χ1n) is 7.74. The molecule has 132 valence electrons. The number of aromatic hydroxyl groups is 1. The highest BCUT2D eigenvalue weighted by Crippen LogP contribution is 2.25. The van der Waals surface area contributed by atoms with Gasteiger partial charge >= 0.3 is 0 Å². The summed E-state index contributed by atoms with van der Waals surface area (Å²) in [4.78, 5) is 3.68. The number of aryl methyl sites for hydroxylation is 1. The number of anilines is 1. The van der Waals surface area contributed by atoms with Gasteiger partial charge in [-0.05, 0) is 36.7 Å². The predicted molar refractivity (Wildman–Crippen MR) is 94.9 cm³/mol. The molecule has 9 heteroatoms. The van der Waals surface area contributed by atoms with Crippen LogP contribution < -0.4 is 5.32 Å². The van der Waals surface area contributed by atoms with Crippen molar-refractivity contribution in [2.24, 2.45) is 0 Å². The van der Waals surface area contributed by atoms with E-state index in [9.17, 15) is 9.50 Å². The summed E-state index contributed by atoms with van der Waals surface area (Å²) in [5.74, 6) is 0.0102. The van der Waals surface area contributed by atoms with E-state index in [2.05, 4.69) is 19.8 Å². The minimum atomic E-state index is -0.456. The molecule has 7 nitrogen and oxygen atoms in total. The Morgan fingerprint density at radius 3 is 2.88 bits per heavy atom. The summed E-state index contributed by atoms with van der Waals surface area (Å²) in [5.41, 5.74) is 2.38. The maximum absolute atomic E-state index is 14.4. The van der Waals surface area contributed by atoms with Crippen molar-refractivity contribution in [3.8, 4) is 22.8 Å². The molecule has 0 radical (unpaired) electrons. The smallest absolute Gasteiger partial charge is 0.229 e. The molecule has 0 aliphatic rings. The normalized spacial score (nSPS) is 11.0. The molecule has 3 aromatic heterocycles. The molecular weight excluding hydrogens is 357 g/mol. The molecule has 4 aromatic rings. The van der Waals surface area contributed by atoms with Gasteiger partial charge in [0.25, 0.3) is 0 Å². The van der Waals surface area contributed by atoms with E-state index in [0.717, 1.165) is 10.7 Å². The minimum Gasteiger partial charge on any atom is -0.492 e. The van der Waals surface area contributed by atoms with Crippen molar-refractivity contribution in [3.05, 3.63) is 60.1 Å². The van der Waals surface area contributed by atoms with Crippen LogP contribution in [0.25, 0.3) is 16.9 Å². The summed E-state index contributed by atoms with van der Waals surface area (Å²) in [6, 6.07) is 8.41. The molecule has 0 spiro atoms. The van der Waals surface area contributed by atoms with E-state index in [1.54, 1.807) is 18.2 Å². The van der Waals surface area contributed by atoms with Gasteiger partial charge < -0.3 is 14.9 Å². The molecule has 0 bridgehead atoms. The zero-order valence-corrected chi connectivity index (χ0v) is 14.5. The van der Waals surface area contributed by atoms with Gasteiger partial charge in [-0.1, -0.05) is 11.2 Å². The zero-order valence-electron chi connectivity index (χ0n) is 13.7. The molecule has 0 fully saturated rings. The van der Waals surface area contributed by atoms with Gasteiger partial charge in [-0.2, -0.15) is 4.37 Å². The van der Waals surface area contributed by atoms with Gasteiger partial charge in [0.1, 0.15) is 22.8 Å². The van der Waals surface area contributed by atoms with Crippen LogP contribution >= 0.6 is 11.5 Å². The van der Waals surface area contributed by atoms with Crippen molar-refractivity contribution in [1.82, 2.24) is 19.1 Å². The van der Waals surface area contributed by atoms with Crippen LogP contribution in [-0.2, 0) is 6.54 Å². The molecule has 0 saturated heterocycles. The van der Waals surface area contributed by atoms with Gasteiger partial charge in [0, 0.05) is 11.6 Å². The first kappa shape index (κ1) is 16.3. The number of aromatic nitrogens is 4. The fourth-order valence-corrected chi connectivity index (χ4v) is 3.13. The van der Waals surface area contributed by atoms with Gasteiger partial charge in [-0.15, -0.1) is 0 Å². The standard InChI is InChI=1S/C17H14FN5O2S/c1-10-4-17(26-22-10)19-7-12-6-14(21-25-12)11-2-3-15(13(18)5-11)23-8-16(24)20-9-23/h2-6,8-9,19,24H,7H2,1H3. The Kier molecular flexibility index (Phi) is 4.13. The summed E-state index contributed by atoms with van der Waals surface area (Å²) in [6.07, 6.45) is 2.67. The summed E-state index contributed by atoms with van der Waals surface area (Å²) in [5, 5.41) is 17.4. The van der Waals surface area contributed by atoms with Gasteiger partial charge in [0.15, 0.2) is 5.76 Å². The molecule has 1 aromatic carbocycles. The number of nitrogens with zero attached hydrogens (tertiary/aromatic N) is 4. The maximum atomic E-state index is 14.4. The Morgan fingerprint density at radius 2 is 2.19 bits per heavy atom. The number of halogens is 1. The Morgan fingerprint density at radius 1 is 1.31 bits per heavy atom. The Labute approximate surface area is 151 Å². The molecule has 0 amide bonds. The van der Waals surface area contributed by atoms with Gasteiger partial charge in [-0.25, -0.2) is 9.37 Å². The van der Waals surface area contributed by atoms with E-state index in [1.807, 2.05) is 13.0 Å². The van der Waals surface area contributed by atoms with Crippen LogP contribution in [0.5, 0.6) is 5.88 Å². The number of nitrogens with one attached hydrogen (secondary N) is 1. The molecule has 3 heterocycles. The predicted octanol–water partition coefficient (Wildman–Crippen LogP) is 3.75. The lowest BCUT2D eigenvalue weighted by atomic mass is 10.1. The fraction of sp³-hybridized carbons (Fsp3) is 0.118. The molecular formula is C17H14FN5O2S. The number of hydrogen-bond donors (Lipinski definition) is 2. The third-order valence-electron chi connectivity index (χ3n) is 3.71. The van der Waals surface area contributed by atoms with Gasteiger partial charge in [0.2, 0.25) is 5.88 Å². The van der Waals surface area contributed by atoms with E-state index in [1.165, 1.54) is 34.7 Å². The summed E-state index contributed by atoms with van der Waals surface area (Å²) < 4.78 is 25.3. The maximum Gasteiger partial charge on any atom is 0.229 e. The highest BCUT2D eigenvalue weighted by molar-refractivity contribution is 7.10. The molecule has 4 rings (SSSR count). The second-order valence-electron chi connectivity index (χ2n) is 5.67. The highest BCUT2D eigenvalue weighted by Gasteiger charge is 2.12. The van der Waals surface area contributed by atoms with E-state index >= 15 is 0 Å². The van der Waals surface area contributed by atoms with Crippen molar-refractivity contribution in [1.29, 1.82) is 0 Å². The molecule has 2 N–H and O–H groups in total. The van der Waals surface area contributed by atoms with Crippen molar-refractivity contribution >= 4 is 16.5 Å². The second kappa shape index (κ2) is 6.60. The first-order valence-corrected chi connectivity index (χ1v) is 8.52. The topological polar surface area (TPSA) is 89.0 Å². The number of rotatable bonds is 5. The SMILES string of the molecule is Cc1cc(NCc2cc(-c3ccc(-n4cnc(O)c4)c(F)c3)no2)sn1. The lowest BCUT2D eigenvalue weighted by Gasteiger charge is -2.04. The monoisotopic (exact) mass is 371 g/mol. The summed E-state index contributed by atoms with van der Waals surface area (Å²) >= 11 is 1.38. The van der Waals surface area contributed by atoms with Crippen LogP contribution in [0.1, 0.15) is 11.5 Å². The Bertz CT molecular complexity index is 1060. The molecule has 0 aliphatic carbocycles. The highest BCUT2D eigenvalue weighted by atomic mass is 32.1. The number of imidazole rings is 1. The molecule has 0 unspecified atom stereocenters. The van der Waals surface area contributed by atoms with Gasteiger partial charge in [0.05, 0.1) is 24.1 Å². The van der Waals surface area contributed by atoms with Gasteiger partial charge in [-0.3, -0.25) is 4.57 Å². The molecule has 0 saturated carbocycles. The van der Waals surface area contributed by atoms with Crippen LogP contribution in [0.4, 0.5) is 9.39 Å². The summed E-state index contributed by atoms with van der Waals surface area (Å²) in [7, 11) is 0. The molecule has 26 heavy (non-hydrogen) atoms. The van der Waals surface area contributed by atoms with E-state index in [4.69, 9.17) is 4.52 Å². The fourth-order valence-electron chi connectivity index (χ4n) is 2.47. The van der Waals surface area contributed by atoms with Crippen molar-refractivity contribution < 1.29 is 14.0 Å². The van der Waals surface area contributed by atoms with Crippen molar-refractivity contribution in [3.63, 3.8) is 0 Å². The Hall–Kier alpha value is -3.20. The minimum absolute atomic E-state index is 0.168. The number of hydrogen-bond acceptors (Lipinski definition) is 7. The second-order valence-corrected chi connectivity index (χ2v) is 6.47. The summed E-state index contributed by atoms with van der Waals surface area (Å²) in [6.45, 7) is 2.39. The quantitative estimate of drug-likeness (QED) is 0.555. The zero-order chi connectivity index (χ0) is 18.1.